The summed E-state index contributed by atoms with van der Waals surface area (Å²) in [6.45, 7) is 4.21. The predicted octanol–water partition coefficient (Wildman–Crippen LogP) is 0.630. The second-order valence-corrected chi connectivity index (χ2v) is 6.05. The van der Waals surface area contributed by atoms with Gasteiger partial charge in [0.25, 0.3) is 0 Å². The third kappa shape index (κ3) is 2.59. The molecule has 0 aliphatic carbocycles. The monoisotopic (exact) mass is 182 g/mol. The minimum absolute atomic E-state index is 0.116. The molecule has 1 aliphatic heterocycles. The zero-order chi connectivity index (χ0) is 8.97. The molecule has 3 heteroatoms. The lowest BCUT2D eigenvalue weighted by atomic mass is 10.4. The van der Waals surface area contributed by atoms with Gasteiger partial charge in [0.15, 0.2) is 0 Å². The van der Waals surface area contributed by atoms with Crippen LogP contribution < -0.4 is 11.1 Å². The SMILES string of the molecule is CCC(NC(C)N)[SiH]1C=CC=C1. The fourth-order valence-electron chi connectivity index (χ4n) is 1.56. The Bertz CT molecular complexity index is 175. The summed E-state index contributed by atoms with van der Waals surface area (Å²) in [5.74, 6) is 0. The van der Waals surface area contributed by atoms with Crippen molar-refractivity contribution in [2.45, 2.75) is 32.1 Å². The van der Waals surface area contributed by atoms with Crippen LogP contribution in [0.15, 0.2) is 23.6 Å². The molecule has 1 heterocycles. The van der Waals surface area contributed by atoms with Crippen molar-refractivity contribution in [1.82, 2.24) is 5.32 Å². The Balaban J connectivity index is 2.44. The number of hydrogen-bond acceptors (Lipinski definition) is 2. The fraction of sp³-hybridized carbons (Fsp3) is 0.556. The molecule has 0 radical (unpaired) electrons. The van der Waals surface area contributed by atoms with Crippen molar-refractivity contribution < 1.29 is 0 Å². The summed E-state index contributed by atoms with van der Waals surface area (Å²) in [7, 11) is -0.804. The van der Waals surface area contributed by atoms with Gasteiger partial charge in [0, 0.05) is 5.67 Å². The second kappa shape index (κ2) is 4.60. The lowest BCUT2D eigenvalue weighted by molar-refractivity contribution is 0.524. The van der Waals surface area contributed by atoms with E-state index in [4.69, 9.17) is 5.73 Å². The molecule has 0 bridgehead atoms. The van der Waals surface area contributed by atoms with Crippen LogP contribution >= 0.6 is 0 Å². The molecule has 2 unspecified atom stereocenters. The van der Waals surface area contributed by atoms with E-state index in [1.54, 1.807) is 0 Å². The van der Waals surface area contributed by atoms with E-state index in [0.717, 1.165) is 0 Å². The van der Waals surface area contributed by atoms with Crippen molar-refractivity contribution >= 4 is 8.80 Å². The highest BCUT2D eigenvalue weighted by molar-refractivity contribution is 6.71. The summed E-state index contributed by atoms with van der Waals surface area (Å²) in [6.07, 6.45) is 5.60. The van der Waals surface area contributed by atoms with Crippen molar-refractivity contribution in [2.24, 2.45) is 5.73 Å². The lowest BCUT2D eigenvalue weighted by Gasteiger charge is -2.22. The molecule has 0 aromatic heterocycles. The van der Waals surface area contributed by atoms with Gasteiger partial charge in [-0.2, -0.15) is 0 Å². The molecule has 3 N–H and O–H groups in total. The maximum Gasteiger partial charge on any atom is 0.103 e. The molecule has 2 atom stereocenters. The minimum Gasteiger partial charge on any atom is -0.316 e. The van der Waals surface area contributed by atoms with Gasteiger partial charge in [-0.1, -0.05) is 30.5 Å². The van der Waals surface area contributed by atoms with Crippen LogP contribution in [0.3, 0.4) is 0 Å². The van der Waals surface area contributed by atoms with E-state index in [9.17, 15) is 0 Å². The smallest absolute Gasteiger partial charge is 0.103 e. The van der Waals surface area contributed by atoms with Gasteiger partial charge in [-0.3, -0.25) is 0 Å². The third-order valence-electron chi connectivity index (χ3n) is 2.16. The van der Waals surface area contributed by atoms with Gasteiger partial charge in [0.2, 0.25) is 0 Å². The Labute approximate surface area is 76.1 Å². The molecule has 12 heavy (non-hydrogen) atoms. The summed E-state index contributed by atoms with van der Waals surface area (Å²) >= 11 is 0. The maximum atomic E-state index is 5.70. The molecule has 0 saturated heterocycles. The maximum absolute atomic E-state index is 5.70. The van der Waals surface area contributed by atoms with E-state index in [1.165, 1.54) is 6.42 Å². The quantitative estimate of drug-likeness (QED) is 0.494. The largest absolute Gasteiger partial charge is 0.316 e. The number of nitrogens with one attached hydrogen (secondary N) is 1. The first kappa shape index (κ1) is 9.70. The Morgan fingerprint density at radius 3 is 2.42 bits per heavy atom. The summed E-state index contributed by atoms with van der Waals surface area (Å²) in [5.41, 5.74) is 11.0. The number of hydrogen-bond donors (Lipinski definition) is 2. The minimum atomic E-state index is -0.804. The third-order valence-corrected chi connectivity index (χ3v) is 5.09. The first-order chi connectivity index (χ1) is 5.74. The molecule has 0 fully saturated rings. The number of allylic oxidation sites excluding steroid dienone is 2. The molecule has 68 valence electrons. The van der Waals surface area contributed by atoms with E-state index < -0.39 is 8.80 Å². The summed E-state index contributed by atoms with van der Waals surface area (Å²) < 4.78 is 0. The van der Waals surface area contributed by atoms with Crippen LogP contribution in [-0.4, -0.2) is 20.6 Å². The Morgan fingerprint density at radius 2 is 2.00 bits per heavy atom. The highest BCUT2D eigenvalue weighted by atomic mass is 28.3. The number of rotatable bonds is 4. The average Bonchev–Trinajstić information content (AvgIpc) is 2.51. The first-order valence-corrected chi connectivity index (χ1v) is 6.60. The van der Waals surface area contributed by atoms with Gasteiger partial charge < -0.3 is 11.1 Å². The van der Waals surface area contributed by atoms with Crippen molar-refractivity contribution in [3.05, 3.63) is 23.6 Å². The standard InChI is InChI=1S/C9H18N2Si/c1-3-9(11-8(2)10)12-6-4-5-7-12/h4-9,11-12H,3,10H2,1-2H3. The lowest BCUT2D eigenvalue weighted by Crippen LogP contribution is -2.48. The van der Waals surface area contributed by atoms with Crippen LogP contribution in [0.1, 0.15) is 20.3 Å². The Kier molecular flexibility index (Phi) is 3.72. The van der Waals surface area contributed by atoms with Gasteiger partial charge in [-0.15, -0.1) is 0 Å². The molecule has 2 nitrogen and oxygen atoms in total. The highest BCUT2D eigenvalue weighted by Gasteiger charge is 2.18. The normalized spacial score (nSPS) is 21.6. The Hall–Kier alpha value is -0.383. The van der Waals surface area contributed by atoms with Gasteiger partial charge in [0.05, 0.1) is 6.17 Å². The van der Waals surface area contributed by atoms with Gasteiger partial charge in [-0.05, 0) is 13.3 Å². The second-order valence-electron chi connectivity index (χ2n) is 3.32. The molecule has 0 aromatic carbocycles. The summed E-state index contributed by atoms with van der Waals surface area (Å²) in [5, 5.41) is 3.41. The number of nitrogens with two attached hydrogens (primary N) is 1. The molecule has 0 saturated carbocycles. The van der Waals surface area contributed by atoms with Crippen LogP contribution in [0.5, 0.6) is 0 Å². The van der Waals surface area contributed by atoms with E-state index >= 15 is 0 Å². The predicted molar refractivity (Wildman–Crippen MR) is 56.3 cm³/mol. The van der Waals surface area contributed by atoms with Crippen molar-refractivity contribution in [3.63, 3.8) is 0 Å². The molecule has 0 spiro atoms. The molecule has 0 aromatic rings. The van der Waals surface area contributed by atoms with Crippen LogP contribution in [-0.2, 0) is 0 Å². The first-order valence-electron chi connectivity index (χ1n) is 4.60. The van der Waals surface area contributed by atoms with Gasteiger partial charge in [-0.25, -0.2) is 0 Å². The average molecular weight is 182 g/mol. The molecule has 0 amide bonds. The van der Waals surface area contributed by atoms with Gasteiger partial charge in [0.1, 0.15) is 8.80 Å². The van der Waals surface area contributed by atoms with Crippen molar-refractivity contribution in [1.29, 1.82) is 0 Å². The highest BCUT2D eigenvalue weighted by Crippen LogP contribution is 2.06. The molecule has 1 rings (SSSR count). The molecule has 1 aliphatic rings. The topological polar surface area (TPSA) is 38.0 Å². The van der Waals surface area contributed by atoms with Gasteiger partial charge >= 0.3 is 0 Å². The van der Waals surface area contributed by atoms with E-state index in [0.29, 0.717) is 5.67 Å². The van der Waals surface area contributed by atoms with Crippen LogP contribution in [0, 0.1) is 0 Å². The van der Waals surface area contributed by atoms with E-state index in [1.807, 2.05) is 6.92 Å². The van der Waals surface area contributed by atoms with Crippen LogP contribution in [0.25, 0.3) is 0 Å². The zero-order valence-electron chi connectivity index (χ0n) is 7.83. The van der Waals surface area contributed by atoms with E-state index in [2.05, 4.69) is 35.8 Å². The fourth-order valence-corrected chi connectivity index (χ4v) is 4.06. The molecular formula is C9H18N2Si. The van der Waals surface area contributed by atoms with Crippen molar-refractivity contribution in [2.75, 3.05) is 0 Å². The van der Waals surface area contributed by atoms with Crippen molar-refractivity contribution in [3.8, 4) is 0 Å². The van der Waals surface area contributed by atoms with E-state index in [-0.39, 0.29) is 6.17 Å². The van der Waals surface area contributed by atoms with Crippen LogP contribution in [0.4, 0.5) is 0 Å². The summed E-state index contributed by atoms with van der Waals surface area (Å²) in [4.78, 5) is 0. The Morgan fingerprint density at radius 1 is 1.42 bits per heavy atom. The zero-order valence-corrected chi connectivity index (χ0v) is 8.98. The summed E-state index contributed by atoms with van der Waals surface area (Å²) in [6, 6.07) is 0. The molecular weight excluding hydrogens is 164 g/mol. The van der Waals surface area contributed by atoms with Crippen LogP contribution in [0.2, 0.25) is 0 Å².